The van der Waals surface area contributed by atoms with Crippen LogP contribution in [0.25, 0.3) is 11.3 Å². The maximum absolute atomic E-state index is 12.0. The van der Waals surface area contributed by atoms with Crippen LogP contribution in [-0.4, -0.2) is 28.7 Å². The summed E-state index contributed by atoms with van der Waals surface area (Å²) in [6.07, 6.45) is 1.75. The number of imidazole rings is 1. The number of amides is 1. The number of H-pyrrole nitrogens is 1. The van der Waals surface area contributed by atoms with Crippen molar-refractivity contribution in [2.24, 2.45) is 0 Å². The minimum atomic E-state index is -0.138. The molecule has 0 bridgehead atoms. The fourth-order valence-corrected chi connectivity index (χ4v) is 3.01. The largest absolute Gasteiger partial charge is 0.497 e. The summed E-state index contributed by atoms with van der Waals surface area (Å²) in [6.45, 7) is 0. The van der Waals surface area contributed by atoms with Gasteiger partial charge in [-0.3, -0.25) is 4.79 Å². The standard InChI is InChI=1S/C18H16ClN3O2S/c1-24-13-8-6-12(7-9-13)16-10-20-18(22-16)25-11-17(23)21-15-5-3-2-4-14(15)19/h2-10H,11H2,1H3,(H,20,22)(H,21,23). The molecule has 2 aromatic carbocycles. The number of aromatic nitrogens is 2. The lowest BCUT2D eigenvalue weighted by Crippen LogP contribution is -2.14. The van der Waals surface area contributed by atoms with E-state index in [0.717, 1.165) is 17.0 Å². The summed E-state index contributed by atoms with van der Waals surface area (Å²) in [7, 11) is 1.63. The smallest absolute Gasteiger partial charge is 0.234 e. The van der Waals surface area contributed by atoms with Crippen molar-refractivity contribution in [2.75, 3.05) is 18.2 Å². The number of methoxy groups -OCH3 is 1. The molecule has 1 amide bonds. The van der Waals surface area contributed by atoms with E-state index in [1.165, 1.54) is 11.8 Å². The molecule has 25 heavy (non-hydrogen) atoms. The number of carbonyl (C=O) groups is 1. The maximum atomic E-state index is 12.0. The minimum absolute atomic E-state index is 0.138. The van der Waals surface area contributed by atoms with Crippen LogP contribution in [0, 0.1) is 0 Å². The number of rotatable bonds is 6. The van der Waals surface area contributed by atoms with Gasteiger partial charge in [0.2, 0.25) is 5.91 Å². The number of hydrogen-bond donors (Lipinski definition) is 2. The number of thioether (sulfide) groups is 1. The fraction of sp³-hybridized carbons (Fsp3) is 0.111. The molecule has 1 heterocycles. The summed E-state index contributed by atoms with van der Waals surface area (Å²) in [6, 6.07) is 14.8. The monoisotopic (exact) mass is 373 g/mol. The Morgan fingerprint density at radius 3 is 2.72 bits per heavy atom. The van der Waals surface area contributed by atoms with Crippen molar-refractivity contribution in [1.29, 1.82) is 0 Å². The topological polar surface area (TPSA) is 67.0 Å². The molecular formula is C18H16ClN3O2S. The zero-order valence-corrected chi connectivity index (χ0v) is 15.0. The van der Waals surface area contributed by atoms with E-state index in [1.807, 2.05) is 36.4 Å². The first-order valence-electron chi connectivity index (χ1n) is 7.52. The molecule has 0 atom stereocenters. The average molecular weight is 374 g/mol. The highest BCUT2D eigenvalue weighted by Crippen LogP contribution is 2.24. The van der Waals surface area contributed by atoms with Crippen LogP contribution >= 0.6 is 23.4 Å². The molecule has 0 radical (unpaired) electrons. The van der Waals surface area contributed by atoms with Crippen molar-refractivity contribution in [3.8, 4) is 17.0 Å². The Labute approximate surface area is 154 Å². The Hall–Kier alpha value is -2.44. The molecule has 0 aliphatic rings. The number of halogens is 1. The van der Waals surface area contributed by atoms with Gasteiger partial charge in [-0.15, -0.1) is 0 Å². The first-order chi connectivity index (χ1) is 12.2. The number of hydrogen-bond acceptors (Lipinski definition) is 4. The molecule has 0 aliphatic heterocycles. The van der Waals surface area contributed by atoms with Crippen molar-refractivity contribution >= 4 is 35.0 Å². The number of anilines is 1. The van der Waals surface area contributed by atoms with Crippen LogP contribution in [0.4, 0.5) is 5.69 Å². The molecule has 3 rings (SSSR count). The maximum Gasteiger partial charge on any atom is 0.234 e. The summed E-state index contributed by atoms with van der Waals surface area (Å²) in [5, 5.41) is 3.98. The lowest BCUT2D eigenvalue weighted by molar-refractivity contribution is -0.113. The third-order valence-corrected chi connectivity index (χ3v) is 4.66. The number of nitrogens with one attached hydrogen (secondary N) is 2. The molecule has 0 aliphatic carbocycles. The number of ether oxygens (including phenoxy) is 1. The van der Waals surface area contributed by atoms with Crippen LogP contribution in [0.15, 0.2) is 59.9 Å². The van der Waals surface area contributed by atoms with Crippen LogP contribution in [0.5, 0.6) is 5.75 Å². The molecule has 0 spiro atoms. The third kappa shape index (κ3) is 4.55. The van der Waals surface area contributed by atoms with Gasteiger partial charge in [-0.1, -0.05) is 35.5 Å². The van der Waals surface area contributed by atoms with Gasteiger partial charge in [0.25, 0.3) is 0 Å². The van der Waals surface area contributed by atoms with Crippen LogP contribution in [0.1, 0.15) is 0 Å². The van der Waals surface area contributed by atoms with E-state index in [0.29, 0.717) is 15.9 Å². The predicted octanol–water partition coefficient (Wildman–Crippen LogP) is 4.47. The van der Waals surface area contributed by atoms with E-state index in [4.69, 9.17) is 16.3 Å². The summed E-state index contributed by atoms with van der Waals surface area (Å²) < 4.78 is 5.15. The lowest BCUT2D eigenvalue weighted by Gasteiger charge is -2.05. The quantitative estimate of drug-likeness (QED) is 0.625. The van der Waals surface area contributed by atoms with Crippen LogP contribution in [0.2, 0.25) is 5.02 Å². The van der Waals surface area contributed by atoms with Crippen LogP contribution in [-0.2, 0) is 4.79 Å². The van der Waals surface area contributed by atoms with Gasteiger partial charge in [0.15, 0.2) is 5.16 Å². The molecule has 3 aromatic rings. The first-order valence-corrected chi connectivity index (χ1v) is 8.88. The lowest BCUT2D eigenvalue weighted by atomic mass is 10.2. The molecule has 0 saturated heterocycles. The first kappa shape index (κ1) is 17.4. The van der Waals surface area contributed by atoms with E-state index >= 15 is 0 Å². The van der Waals surface area contributed by atoms with Crippen molar-refractivity contribution in [3.63, 3.8) is 0 Å². The Bertz CT molecular complexity index is 865. The highest BCUT2D eigenvalue weighted by Gasteiger charge is 2.09. The van der Waals surface area contributed by atoms with Gasteiger partial charge in [0.1, 0.15) is 5.75 Å². The average Bonchev–Trinajstić information content (AvgIpc) is 3.11. The van der Waals surface area contributed by atoms with Crippen molar-refractivity contribution in [3.05, 3.63) is 59.8 Å². The van der Waals surface area contributed by atoms with E-state index in [1.54, 1.807) is 25.4 Å². The van der Waals surface area contributed by atoms with Gasteiger partial charge in [-0.25, -0.2) is 4.98 Å². The van der Waals surface area contributed by atoms with E-state index in [9.17, 15) is 4.79 Å². The molecule has 2 N–H and O–H groups in total. The molecule has 5 nitrogen and oxygen atoms in total. The van der Waals surface area contributed by atoms with E-state index < -0.39 is 0 Å². The number of carbonyl (C=O) groups excluding carboxylic acids is 1. The minimum Gasteiger partial charge on any atom is -0.497 e. The Morgan fingerprint density at radius 1 is 1.24 bits per heavy atom. The molecule has 0 unspecified atom stereocenters. The van der Waals surface area contributed by atoms with E-state index in [2.05, 4.69) is 15.3 Å². The van der Waals surface area contributed by atoms with Gasteiger partial charge in [-0.05, 0) is 42.0 Å². The summed E-state index contributed by atoms with van der Waals surface area (Å²) in [5.74, 6) is 0.899. The molecule has 1 aromatic heterocycles. The van der Waals surface area contributed by atoms with Crippen LogP contribution in [0.3, 0.4) is 0 Å². The summed E-state index contributed by atoms with van der Waals surface area (Å²) in [5.41, 5.74) is 2.49. The van der Waals surface area contributed by atoms with E-state index in [-0.39, 0.29) is 11.7 Å². The third-order valence-electron chi connectivity index (χ3n) is 3.44. The Morgan fingerprint density at radius 2 is 2.00 bits per heavy atom. The second-order valence-electron chi connectivity index (χ2n) is 5.15. The second-order valence-corrected chi connectivity index (χ2v) is 6.52. The van der Waals surface area contributed by atoms with Crippen LogP contribution < -0.4 is 10.1 Å². The summed E-state index contributed by atoms with van der Waals surface area (Å²) >= 11 is 7.36. The molecular weight excluding hydrogens is 358 g/mol. The molecule has 0 fully saturated rings. The zero-order valence-electron chi connectivity index (χ0n) is 13.5. The number of nitrogens with zero attached hydrogens (tertiary/aromatic N) is 1. The van der Waals surface area contributed by atoms with Gasteiger partial charge in [0, 0.05) is 0 Å². The van der Waals surface area contributed by atoms with Gasteiger partial charge < -0.3 is 15.0 Å². The van der Waals surface area contributed by atoms with Gasteiger partial charge >= 0.3 is 0 Å². The number of aromatic amines is 1. The molecule has 128 valence electrons. The highest BCUT2D eigenvalue weighted by molar-refractivity contribution is 7.99. The van der Waals surface area contributed by atoms with Crippen molar-refractivity contribution in [1.82, 2.24) is 9.97 Å². The highest BCUT2D eigenvalue weighted by atomic mass is 35.5. The number of para-hydroxylation sites is 1. The second kappa shape index (κ2) is 8.09. The summed E-state index contributed by atoms with van der Waals surface area (Å²) in [4.78, 5) is 19.5. The zero-order chi connectivity index (χ0) is 17.6. The normalized spacial score (nSPS) is 10.5. The number of benzene rings is 2. The van der Waals surface area contributed by atoms with Gasteiger partial charge in [0.05, 0.1) is 35.5 Å². The van der Waals surface area contributed by atoms with Crippen molar-refractivity contribution in [2.45, 2.75) is 5.16 Å². The molecule has 7 heteroatoms. The molecule has 0 saturated carbocycles. The SMILES string of the molecule is COc1ccc(-c2cnc(SCC(=O)Nc3ccccc3Cl)[nH]2)cc1. The Balaban J connectivity index is 1.58. The van der Waals surface area contributed by atoms with Crippen molar-refractivity contribution < 1.29 is 9.53 Å². The Kier molecular flexibility index (Phi) is 5.63. The van der Waals surface area contributed by atoms with Gasteiger partial charge in [-0.2, -0.15) is 0 Å². The fourth-order valence-electron chi connectivity index (χ4n) is 2.18. The predicted molar refractivity (Wildman–Crippen MR) is 101 cm³/mol.